The van der Waals surface area contributed by atoms with Gasteiger partial charge in [-0.2, -0.15) is 18.4 Å². The van der Waals surface area contributed by atoms with Crippen LogP contribution < -0.4 is 4.90 Å². The molecule has 1 fully saturated rings. The molecule has 0 aromatic heterocycles. The van der Waals surface area contributed by atoms with Crippen molar-refractivity contribution in [1.29, 1.82) is 5.26 Å². The number of carbonyl (C=O) groups is 3. The number of anilines is 1. The lowest BCUT2D eigenvalue weighted by Gasteiger charge is -2.22. The van der Waals surface area contributed by atoms with Crippen molar-refractivity contribution in [2.45, 2.75) is 25.6 Å². The molecular formula is C14H10F3N3O4. The van der Waals surface area contributed by atoms with Gasteiger partial charge in [-0.25, -0.2) is 19.4 Å². The zero-order chi connectivity index (χ0) is 18.4. The highest BCUT2D eigenvalue weighted by Crippen LogP contribution is 2.37. The van der Waals surface area contributed by atoms with Crippen LogP contribution in [0.3, 0.4) is 0 Å². The molecule has 1 N–H and O–H groups in total. The third-order valence-corrected chi connectivity index (χ3v) is 3.55. The number of urea groups is 1. The first-order valence-electron chi connectivity index (χ1n) is 6.46. The van der Waals surface area contributed by atoms with E-state index < -0.39 is 46.6 Å². The lowest BCUT2D eigenvalue weighted by molar-refractivity contribution is -0.137. The highest BCUT2D eigenvalue weighted by Gasteiger charge is 2.55. The van der Waals surface area contributed by atoms with Gasteiger partial charge in [-0.3, -0.25) is 4.79 Å². The van der Waals surface area contributed by atoms with Crippen molar-refractivity contribution in [1.82, 2.24) is 4.90 Å². The molecule has 1 aromatic rings. The quantitative estimate of drug-likeness (QED) is 0.792. The summed E-state index contributed by atoms with van der Waals surface area (Å²) < 4.78 is 39.0. The summed E-state index contributed by atoms with van der Waals surface area (Å²) in [7, 11) is 0. The lowest BCUT2D eigenvalue weighted by atomic mass is 10.0. The molecule has 0 bridgehead atoms. The van der Waals surface area contributed by atoms with Crippen LogP contribution in [-0.2, 0) is 11.0 Å². The van der Waals surface area contributed by atoms with Gasteiger partial charge in [0.15, 0.2) is 0 Å². The predicted molar refractivity (Wildman–Crippen MR) is 73.0 cm³/mol. The minimum absolute atomic E-state index is 0.237. The predicted octanol–water partition coefficient (Wildman–Crippen LogP) is 2.80. The van der Waals surface area contributed by atoms with E-state index in [1.54, 1.807) is 0 Å². The maximum atomic E-state index is 13.0. The van der Waals surface area contributed by atoms with Gasteiger partial charge in [-0.1, -0.05) is 0 Å². The second-order valence-corrected chi connectivity index (χ2v) is 5.44. The molecule has 0 radical (unpaired) electrons. The van der Waals surface area contributed by atoms with Crippen molar-refractivity contribution < 1.29 is 32.7 Å². The van der Waals surface area contributed by atoms with Crippen molar-refractivity contribution in [3.63, 3.8) is 0 Å². The van der Waals surface area contributed by atoms with Crippen LogP contribution in [0.1, 0.15) is 25.0 Å². The molecule has 24 heavy (non-hydrogen) atoms. The standard InChI is InChI=1S/C14H10F3N3O4/c1-13(2)10(21)19(11(22)20(13)12(23)24)8-4-3-7(6-18)9(5-8)14(15,16)17/h3-5H,1-2H3,(H,23,24). The Bertz CT molecular complexity index is 795. The lowest BCUT2D eigenvalue weighted by Crippen LogP contribution is -2.47. The summed E-state index contributed by atoms with van der Waals surface area (Å²) in [6.45, 7) is 2.32. The summed E-state index contributed by atoms with van der Waals surface area (Å²) in [6, 6.07) is 2.35. The van der Waals surface area contributed by atoms with Gasteiger partial charge >= 0.3 is 18.3 Å². The van der Waals surface area contributed by atoms with Crippen LogP contribution in [0, 0.1) is 11.3 Å². The fraction of sp³-hybridized carbons (Fsp3) is 0.286. The van der Waals surface area contributed by atoms with Crippen LogP contribution in [0.15, 0.2) is 18.2 Å². The van der Waals surface area contributed by atoms with Crippen LogP contribution in [0.2, 0.25) is 0 Å². The Morgan fingerprint density at radius 2 is 1.88 bits per heavy atom. The first kappa shape index (κ1) is 17.3. The topological polar surface area (TPSA) is 102 Å². The molecule has 7 nitrogen and oxygen atoms in total. The van der Waals surface area contributed by atoms with E-state index in [0.717, 1.165) is 26.0 Å². The summed E-state index contributed by atoms with van der Waals surface area (Å²) in [5.41, 5.74) is -4.24. The van der Waals surface area contributed by atoms with E-state index in [-0.39, 0.29) is 4.90 Å². The summed E-state index contributed by atoms with van der Waals surface area (Å²) >= 11 is 0. The SMILES string of the molecule is CC1(C)C(=O)N(c2ccc(C#N)c(C(F)(F)F)c2)C(=O)N1C(=O)O. The summed E-state index contributed by atoms with van der Waals surface area (Å²) in [4.78, 5) is 36.3. The maximum absolute atomic E-state index is 13.0. The normalized spacial score (nSPS) is 17.2. The Morgan fingerprint density at radius 1 is 1.29 bits per heavy atom. The number of nitrogens with zero attached hydrogens (tertiary/aromatic N) is 3. The molecule has 0 unspecified atom stereocenters. The molecule has 1 aliphatic rings. The summed E-state index contributed by atoms with van der Waals surface area (Å²) in [5, 5.41) is 17.8. The number of rotatable bonds is 1. The molecule has 1 saturated heterocycles. The fourth-order valence-electron chi connectivity index (χ4n) is 2.35. The summed E-state index contributed by atoms with van der Waals surface area (Å²) in [6.07, 6.45) is -6.58. The van der Waals surface area contributed by atoms with Gasteiger partial charge in [0.2, 0.25) is 0 Å². The number of alkyl halides is 3. The van der Waals surface area contributed by atoms with E-state index in [2.05, 4.69) is 0 Å². The molecule has 4 amide bonds. The van der Waals surface area contributed by atoms with E-state index in [1.807, 2.05) is 0 Å². The number of hydrogen-bond donors (Lipinski definition) is 1. The van der Waals surface area contributed by atoms with E-state index in [0.29, 0.717) is 11.0 Å². The van der Waals surface area contributed by atoms with Gasteiger partial charge in [0.1, 0.15) is 5.54 Å². The van der Waals surface area contributed by atoms with Crippen LogP contribution in [0.5, 0.6) is 0 Å². The minimum Gasteiger partial charge on any atom is -0.465 e. The number of carbonyl (C=O) groups excluding carboxylic acids is 2. The highest BCUT2D eigenvalue weighted by atomic mass is 19.4. The molecule has 1 aliphatic heterocycles. The van der Waals surface area contributed by atoms with Crippen LogP contribution in [0.25, 0.3) is 0 Å². The van der Waals surface area contributed by atoms with E-state index >= 15 is 0 Å². The van der Waals surface area contributed by atoms with Crippen molar-refractivity contribution in [3.8, 4) is 6.07 Å². The van der Waals surface area contributed by atoms with Crippen LogP contribution in [0.4, 0.5) is 28.4 Å². The largest absolute Gasteiger partial charge is 0.465 e. The van der Waals surface area contributed by atoms with Crippen molar-refractivity contribution in [3.05, 3.63) is 29.3 Å². The number of hydrogen-bond acceptors (Lipinski definition) is 4. The fourth-order valence-corrected chi connectivity index (χ4v) is 2.35. The summed E-state index contributed by atoms with van der Waals surface area (Å²) in [5.74, 6) is -0.993. The van der Waals surface area contributed by atoms with E-state index in [9.17, 15) is 27.6 Å². The second-order valence-electron chi connectivity index (χ2n) is 5.44. The Balaban J connectivity index is 2.61. The van der Waals surface area contributed by atoms with E-state index in [1.165, 1.54) is 6.07 Å². The van der Waals surface area contributed by atoms with Crippen molar-refractivity contribution >= 4 is 23.7 Å². The Morgan fingerprint density at radius 3 is 2.29 bits per heavy atom. The van der Waals surface area contributed by atoms with Gasteiger partial charge < -0.3 is 5.11 Å². The maximum Gasteiger partial charge on any atom is 0.417 e. The first-order valence-corrected chi connectivity index (χ1v) is 6.46. The van der Waals surface area contributed by atoms with Crippen LogP contribution >= 0.6 is 0 Å². The molecular weight excluding hydrogens is 331 g/mol. The smallest absolute Gasteiger partial charge is 0.417 e. The minimum atomic E-state index is -4.88. The molecule has 0 spiro atoms. The number of carboxylic acid groups (broad SMARTS) is 1. The molecule has 0 atom stereocenters. The molecule has 1 heterocycles. The molecule has 126 valence electrons. The average Bonchev–Trinajstić information content (AvgIpc) is 2.63. The van der Waals surface area contributed by atoms with Gasteiger partial charge in [-0.05, 0) is 32.0 Å². The number of halogens is 3. The third-order valence-electron chi connectivity index (χ3n) is 3.55. The van der Waals surface area contributed by atoms with Gasteiger partial charge in [0.05, 0.1) is 22.9 Å². The zero-order valence-corrected chi connectivity index (χ0v) is 12.4. The first-order chi connectivity index (χ1) is 10.9. The molecule has 0 aliphatic carbocycles. The van der Waals surface area contributed by atoms with Crippen LogP contribution in [-0.4, -0.2) is 33.6 Å². The molecule has 10 heteroatoms. The van der Waals surface area contributed by atoms with E-state index in [4.69, 9.17) is 10.4 Å². The zero-order valence-electron chi connectivity index (χ0n) is 12.4. The van der Waals surface area contributed by atoms with Gasteiger partial charge in [0.25, 0.3) is 5.91 Å². The second kappa shape index (κ2) is 5.23. The number of benzene rings is 1. The van der Waals surface area contributed by atoms with Gasteiger partial charge in [0, 0.05) is 0 Å². The van der Waals surface area contributed by atoms with Crippen molar-refractivity contribution in [2.75, 3.05) is 4.90 Å². The monoisotopic (exact) mass is 341 g/mol. The Labute approximate surface area is 133 Å². The Hall–Kier alpha value is -3.09. The molecule has 2 rings (SSSR count). The van der Waals surface area contributed by atoms with Gasteiger partial charge in [-0.15, -0.1) is 0 Å². The third kappa shape index (κ3) is 2.44. The number of imide groups is 2. The molecule has 0 saturated carbocycles. The number of nitriles is 1. The number of amides is 4. The highest BCUT2D eigenvalue weighted by molar-refractivity contribution is 6.26. The molecule has 1 aromatic carbocycles. The van der Waals surface area contributed by atoms with Crippen molar-refractivity contribution in [2.24, 2.45) is 0 Å². The average molecular weight is 341 g/mol. The Kier molecular flexibility index (Phi) is 3.76.